The van der Waals surface area contributed by atoms with Gasteiger partial charge in [0.1, 0.15) is 4.93 Å². The highest BCUT2D eigenvalue weighted by Gasteiger charge is 2.25. The Labute approximate surface area is 111 Å². The lowest BCUT2D eigenvalue weighted by Crippen LogP contribution is -2.32. The van der Waals surface area contributed by atoms with Gasteiger partial charge in [0.25, 0.3) is 0 Å². The maximum Gasteiger partial charge on any atom is 0.187 e. The minimum absolute atomic E-state index is 0.215. The molecule has 0 amide bonds. The van der Waals surface area contributed by atoms with Crippen LogP contribution in [-0.2, 0) is 9.16 Å². The van der Waals surface area contributed by atoms with Gasteiger partial charge in [-0.2, -0.15) is 0 Å². The van der Waals surface area contributed by atoms with Crippen molar-refractivity contribution in [1.29, 1.82) is 0 Å². The third-order valence-electron chi connectivity index (χ3n) is 2.88. The second-order valence-electron chi connectivity index (χ2n) is 5.27. The average Bonchev–Trinajstić information content (AvgIpc) is 2.25. The molecule has 0 fully saturated rings. The van der Waals surface area contributed by atoms with E-state index in [0.29, 0.717) is 6.61 Å². The topological polar surface area (TPSA) is 38.7 Å². The van der Waals surface area contributed by atoms with Gasteiger partial charge in [-0.25, -0.2) is 0 Å². The van der Waals surface area contributed by atoms with Gasteiger partial charge < -0.3 is 14.3 Å². The van der Waals surface area contributed by atoms with E-state index in [2.05, 4.69) is 20.0 Å². The Hall–Kier alpha value is 0.447. The summed E-state index contributed by atoms with van der Waals surface area (Å²) >= 11 is 1.56. The molecule has 3 nitrogen and oxygen atoms in total. The SMILES string of the molecule is CCC(C)OCC(C)(O)SCC[Si](C)(C)OC. The lowest BCUT2D eigenvalue weighted by molar-refractivity contribution is -0.0114. The van der Waals surface area contributed by atoms with Crippen molar-refractivity contribution < 1.29 is 14.3 Å². The fourth-order valence-electron chi connectivity index (χ4n) is 1.08. The number of aliphatic hydroxyl groups is 1. The molecule has 0 bridgehead atoms. The van der Waals surface area contributed by atoms with Crippen LogP contribution >= 0.6 is 11.8 Å². The summed E-state index contributed by atoms with van der Waals surface area (Å²) in [5, 5.41) is 10.1. The Morgan fingerprint density at radius 1 is 1.41 bits per heavy atom. The van der Waals surface area contributed by atoms with Crippen molar-refractivity contribution in [2.24, 2.45) is 0 Å². The third-order valence-corrected chi connectivity index (χ3v) is 6.95. The molecule has 0 radical (unpaired) electrons. The number of thioether (sulfide) groups is 1. The van der Waals surface area contributed by atoms with Crippen molar-refractivity contribution >= 4 is 20.1 Å². The zero-order valence-corrected chi connectivity index (χ0v) is 13.9. The van der Waals surface area contributed by atoms with Gasteiger partial charge in [0.15, 0.2) is 8.32 Å². The van der Waals surface area contributed by atoms with Gasteiger partial charge in [0.2, 0.25) is 0 Å². The molecule has 0 aliphatic carbocycles. The van der Waals surface area contributed by atoms with Crippen LogP contribution in [-0.4, -0.2) is 43.9 Å². The van der Waals surface area contributed by atoms with Crippen LogP contribution in [0.2, 0.25) is 19.1 Å². The van der Waals surface area contributed by atoms with Crippen molar-refractivity contribution in [3.05, 3.63) is 0 Å². The molecule has 2 unspecified atom stereocenters. The lowest BCUT2D eigenvalue weighted by Gasteiger charge is -2.26. The van der Waals surface area contributed by atoms with Crippen LogP contribution in [0, 0.1) is 0 Å². The zero-order valence-electron chi connectivity index (χ0n) is 12.1. The largest absolute Gasteiger partial charge is 0.420 e. The summed E-state index contributed by atoms with van der Waals surface area (Å²) in [4.78, 5) is -0.790. The quantitative estimate of drug-likeness (QED) is 0.520. The first-order chi connectivity index (χ1) is 7.72. The van der Waals surface area contributed by atoms with Crippen LogP contribution in [0.15, 0.2) is 0 Å². The van der Waals surface area contributed by atoms with E-state index in [1.54, 1.807) is 18.9 Å². The molecule has 0 aliphatic rings. The minimum atomic E-state index is -1.50. The maximum atomic E-state index is 10.1. The van der Waals surface area contributed by atoms with Crippen LogP contribution in [0.25, 0.3) is 0 Å². The number of rotatable bonds is 9. The summed E-state index contributed by atoms with van der Waals surface area (Å²) in [5.74, 6) is 0.921. The Morgan fingerprint density at radius 3 is 2.47 bits per heavy atom. The molecule has 0 saturated carbocycles. The van der Waals surface area contributed by atoms with Gasteiger partial charge in [-0.1, -0.05) is 6.92 Å². The summed E-state index contributed by atoms with van der Waals surface area (Å²) < 4.78 is 11.1. The van der Waals surface area contributed by atoms with Crippen LogP contribution in [0.4, 0.5) is 0 Å². The molecule has 5 heteroatoms. The molecule has 0 aliphatic heterocycles. The van der Waals surface area contributed by atoms with Gasteiger partial charge in [-0.15, -0.1) is 11.8 Å². The first-order valence-corrected chi connectivity index (χ1v) is 10.4. The Bertz CT molecular complexity index is 210. The molecule has 1 N–H and O–H groups in total. The van der Waals surface area contributed by atoms with Crippen LogP contribution in [0.3, 0.4) is 0 Å². The van der Waals surface area contributed by atoms with E-state index in [9.17, 15) is 5.11 Å². The van der Waals surface area contributed by atoms with Gasteiger partial charge in [0, 0.05) is 7.11 Å². The van der Waals surface area contributed by atoms with Gasteiger partial charge in [0.05, 0.1) is 12.7 Å². The Morgan fingerprint density at radius 2 is 2.00 bits per heavy atom. The van der Waals surface area contributed by atoms with Crippen molar-refractivity contribution in [3.8, 4) is 0 Å². The first kappa shape index (κ1) is 17.4. The van der Waals surface area contributed by atoms with Crippen LogP contribution < -0.4 is 0 Å². The minimum Gasteiger partial charge on any atom is -0.420 e. The number of hydrogen-bond acceptors (Lipinski definition) is 4. The molecule has 2 atom stereocenters. The molecular weight excluding hydrogens is 252 g/mol. The molecular formula is C12H28O3SSi. The van der Waals surface area contributed by atoms with E-state index in [-0.39, 0.29) is 6.10 Å². The summed E-state index contributed by atoms with van der Waals surface area (Å²) in [5.41, 5.74) is 0. The Balaban J connectivity index is 3.85. The summed E-state index contributed by atoms with van der Waals surface area (Å²) in [7, 11) is 0.277. The number of hydrogen-bond donors (Lipinski definition) is 1. The fourth-order valence-corrected chi connectivity index (χ4v) is 4.24. The lowest BCUT2D eigenvalue weighted by atomic mass is 10.3. The monoisotopic (exact) mass is 280 g/mol. The molecule has 0 aromatic carbocycles. The van der Waals surface area contributed by atoms with Gasteiger partial charge >= 0.3 is 0 Å². The van der Waals surface area contributed by atoms with Crippen molar-refractivity contribution in [2.75, 3.05) is 19.5 Å². The van der Waals surface area contributed by atoms with E-state index in [0.717, 1.165) is 18.2 Å². The predicted octanol–water partition coefficient (Wildman–Crippen LogP) is 3.09. The van der Waals surface area contributed by atoms with E-state index < -0.39 is 13.3 Å². The zero-order chi connectivity index (χ0) is 13.5. The smallest absolute Gasteiger partial charge is 0.187 e. The molecule has 0 saturated heterocycles. The highest BCUT2D eigenvalue weighted by molar-refractivity contribution is 8.00. The van der Waals surface area contributed by atoms with E-state index in [4.69, 9.17) is 9.16 Å². The number of ether oxygens (including phenoxy) is 1. The van der Waals surface area contributed by atoms with Crippen molar-refractivity contribution in [1.82, 2.24) is 0 Å². The molecule has 0 heterocycles. The normalized spacial score (nSPS) is 17.8. The van der Waals surface area contributed by atoms with E-state index >= 15 is 0 Å². The molecule has 104 valence electrons. The average molecular weight is 281 g/mol. The van der Waals surface area contributed by atoms with Crippen molar-refractivity contribution in [2.45, 2.75) is 57.4 Å². The standard InChI is InChI=1S/C12H28O3SSi/c1-7-11(2)15-10-12(3,13)16-8-9-17(5,6)14-4/h11,13H,7-10H2,1-6H3. The molecule has 0 aromatic heterocycles. The maximum absolute atomic E-state index is 10.1. The molecule has 17 heavy (non-hydrogen) atoms. The third kappa shape index (κ3) is 9.08. The second-order valence-corrected chi connectivity index (χ2v) is 11.3. The van der Waals surface area contributed by atoms with E-state index in [1.807, 2.05) is 13.8 Å². The Kier molecular flexibility index (Phi) is 7.99. The highest BCUT2D eigenvalue weighted by atomic mass is 32.2. The molecule has 0 rings (SSSR count). The van der Waals surface area contributed by atoms with Gasteiger partial charge in [-0.3, -0.25) is 0 Å². The highest BCUT2D eigenvalue weighted by Crippen LogP contribution is 2.26. The predicted molar refractivity (Wildman–Crippen MR) is 78.1 cm³/mol. The van der Waals surface area contributed by atoms with Gasteiger partial charge in [-0.05, 0) is 45.2 Å². The summed E-state index contributed by atoms with van der Waals surface area (Å²) in [6, 6.07) is 1.05. The van der Waals surface area contributed by atoms with Crippen LogP contribution in [0.5, 0.6) is 0 Å². The summed E-state index contributed by atoms with van der Waals surface area (Å²) in [6.07, 6.45) is 1.19. The second kappa shape index (κ2) is 7.79. The van der Waals surface area contributed by atoms with Crippen LogP contribution in [0.1, 0.15) is 27.2 Å². The van der Waals surface area contributed by atoms with E-state index in [1.165, 1.54) is 0 Å². The summed E-state index contributed by atoms with van der Waals surface area (Å²) in [6.45, 7) is 10.7. The first-order valence-electron chi connectivity index (χ1n) is 6.25. The fraction of sp³-hybridized carbons (Fsp3) is 1.00. The molecule has 0 aromatic rings. The molecule has 0 spiro atoms. The van der Waals surface area contributed by atoms with Crippen molar-refractivity contribution in [3.63, 3.8) is 0 Å².